The molecule has 0 aliphatic rings. The van der Waals surface area contributed by atoms with Crippen molar-refractivity contribution in [3.05, 3.63) is 53.1 Å². The summed E-state index contributed by atoms with van der Waals surface area (Å²) in [5.41, 5.74) is 4.22. The number of hydrogen-bond acceptors (Lipinski definition) is 3. The van der Waals surface area contributed by atoms with E-state index in [1.54, 1.807) is 6.07 Å². The average Bonchev–Trinajstić information content (AvgIpc) is 2.43. The van der Waals surface area contributed by atoms with E-state index in [4.69, 9.17) is 0 Å². The van der Waals surface area contributed by atoms with Crippen LogP contribution < -0.4 is 5.32 Å². The van der Waals surface area contributed by atoms with Crippen molar-refractivity contribution in [2.75, 3.05) is 5.32 Å². The van der Waals surface area contributed by atoms with Crippen LogP contribution >= 0.6 is 0 Å². The van der Waals surface area contributed by atoms with Crippen molar-refractivity contribution in [3.8, 4) is 0 Å². The molecule has 0 fully saturated rings. The Hall–Kier alpha value is -2.23. The first-order valence-electron chi connectivity index (χ1n) is 6.29. The van der Waals surface area contributed by atoms with Crippen LogP contribution in [0.1, 0.15) is 34.2 Å². The predicted molar refractivity (Wildman–Crippen MR) is 75.3 cm³/mol. The summed E-state index contributed by atoms with van der Waals surface area (Å²) < 4.78 is 0. The number of aryl methyl sites for hydroxylation is 3. The number of nitrogens with one attached hydrogen (secondary N) is 1. The molecule has 0 radical (unpaired) electrons. The molecule has 1 amide bonds. The second kappa shape index (κ2) is 5.61. The number of nitrogens with zero attached hydrogens (tertiary/aromatic N) is 2. The van der Waals surface area contributed by atoms with Crippen molar-refractivity contribution in [2.24, 2.45) is 0 Å². The molecule has 4 nitrogen and oxygen atoms in total. The molecule has 4 heteroatoms. The maximum atomic E-state index is 12.1. The van der Waals surface area contributed by atoms with Crippen molar-refractivity contribution in [2.45, 2.75) is 27.2 Å². The van der Waals surface area contributed by atoms with E-state index in [0.717, 1.165) is 28.9 Å². The Balaban J connectivity index is 2.22. The largest absolute Gasteiger partial charge is 0.320 e. The number of benzene rings is 1. The van der Waals surface area contributed by atoms with Crippen LogP contribution in [-0.2, 0) is 6.42 Å². The number of carbonyl (C=O) groups is 1. The van der Waals surface area contributed by atoms with Crippen LogP contribution in [-0.4, -0.2) is 15.9 Å². The summed E-state index contributed by atoms with van der Waals surface area (Å²) in [7, 11) is 0. The molecule has 2 aromatic rings. The molecule has 98 valence electrons. The molecule has 0 saturated carbocycles. The lowest BCUT2D eigenvalue weighted by Gasteiger charge is -2.09. The van der Waals surface area contributed by atoms with Gasteiger partial charge in [0, 0.05) is 11.4 Å². The molecule has 0 bridgehead atoms. The summed E-state index contributed by atoms with van der Waals surface area (Å²) in [4.78, 5) is 20.2. The zero-order chi connectivity index (χ0) is 13.8. The fraction of sp³-hybridized carbons (Fsp3) is 0.267. The molecule has 0 atom stereocenters. The summed E-state index contributed by atoms with van der Waals surface area (Å²) in [5, 5.41) is 2.89. The first-order valence-corrected chi connectivity index (χ1v) is 6.29. The van der Waals surface area contributed by atoms with Crippen molar-refractivity contribution < 1.29 is 4.79 Å². The van der Waals surface area contributed by atoms with E-state index in [2.05, 4.69) is 15.3 Å². The molecule has 0 spiro atoms. The number of anilines is 1. The van der Waals surface area contributed by atoms with Gasteiger partial charge in [-0.15, -0.1) is 0 Å². The molecule has 2 rings (SSSR count). The van der Waals surface area contributed by atoms with Gasteiger partial charge in [0.25, 0.3) is 5.91 Å². The van der Waals surface area contributed by atoms with Gasteiger partial charge in [0.2, 0.25) is 0 Å². The normalized spacial score (nSPS) is 10.3. The third-order valence-corrected chi connectivity index (χ3v) is 2.96. The summed E-state index contributed by atoms with van der Waals surface area (Å²) in [6.45, 7) is 5.95. The fourth-order valence-corrected chi connectivity index (χ4v) is 1.77. The SMILES string of the molecule is CCc1cc(C(=O)Nc2cc(C)ccc2C)ncn1. The van der Waals surface area contributed by atoms with Gasteiger partial charge < -0.3 is 5.32 Å². The Morgan fingerprint density at radius 1 is 1.21 bits per heavy atom. The lowest BCUT2D eigenvalue weighted by Crippen LogP contribution is -2.15. The van der Waals surface area contributed by atoms with Crippen molar-refractivity contribution >= 4 is 11.6 Å². The van der Waals surface area contributed by atoms with Crippen molar-refractivity contribution in [1.82, 2.24) is 9.97 Å². The fourth-order valence-electron chi connectivity index (χ4n) is 1.77. The minimum atomic E-state index is -0.203. The van der Waals surface area contributed by atoms with Crippen molar-refractivity contribution in [3.63, 3.8) is 0 Å². The van der Waals surface area contributed by atoms with E-state index >= 15 is 0 Å². The number of aromatic nitrogens is 2. The Kier molecular flexibility index (Phi) is 3.90. The average molecular weight is 255 g/mol. The molecule has 1 N–H and O–H groups in total. The molecular formula is C15H17N3O. The van der Waals surface area contributed by atoms with E-state index in [1.807, 2.05) is 39.0 Å². The number of rotatable bonds is 3. The number of carbonyl (C=O) groups excluding carboxylic acids is 1. The van der Waals surface area contributed by atoms with E-state index in [0.29, 0.717) is 5.69 Å². The summed E-state index contributed by atoms with van der Waals surface area (Å²) in [6, 6.07) is 7.68. The van der Waals surface area contributed by atoms with Gasteiger partial charge >= 0.3 is 0 Å². The zero-order valence-corrected chi connectivity index (χ0v) is 11.4. The van der Waals surface area contributed by atoms with Crippen LogP contribution in [0.3, 0.4) is 0 Å². The molecule has 1 heterocycles. The minimum absolute atomic E-state index is 0.203. The van der Waals surface area contributed by atoms with E-state index < -0.39 is 0 Å². The van der Waals surface area contributed by atoms with Crippen LogP contribution in [0.4, 0.5) is 5.69 Å². The molecular weight excluding hydrogens is 238 g/mol. The quantitative estimate of drug-likeness (QED) is 0.917. The monoisotopic (exact) mass is 255 g/mol. The highest BCUT2D eigenvalue weighted by Crippen LogP contribution is 2.17. The van der Waals surface area contributed by atoms with Crippen molar-refractivity contribution in [1.29, 1.82) is 0 Å². The second-order valence-electron chi connectivity index (χ2n) is 4.52. The predicted octanol–water partition coefficient (Wildman–Crippen LogP) is 2.91. The highest BCUT2D eigenvalue weighted by molar-refractivity contribution is 6.03. The van der Waals surface area contributed by atoms with Gasteiger partial charge in [-0.3, -0.25) is 4.79 Å². The van der Waals surface area contributed by atoms with Crippen LogP contribution in [0.25, 0.3) is 0 Å². The standard InChI is InChI=1S/C15H17N3O/c1-4-12-8-14(17-9-16-12)15(19)18-13-7-10(2)5-6-11(13)3/h5-9H,4H2,1-3H3,(H,18,19). The molecule has 0 unspecified atom stereocenters. The molecule has 0 aliphatic carbocycles. The molecule has 0 saturated heterocycles. The summed E-state index contributed by atoms with van der Waals surface area (Å²) in [6.07, 6.45) is 2.21. The van der Waals surface area contributed by atoms with Crippen LogP contribution in [0, 0.1) is 13.8 Å². The first-order chi connectivity index (χ1) is 9.10. The molecule has 1 aromatic carbocycles. The lowest BCUT2D eigenvalue weighted by molar-refractivity contribution is 0.102. The van der Waals surface area contributed by atoms with Gasteiger partial charge in [-0.1, -0.05) is 19.1 Å². The third-order valence-electron chi connectivity index (χ3n) is 2.96. The van der Waals surface area contributed by atoms with E-state index in [-0.39, 0.29) is 5.91 Å². The van der Waals surface area contributed by atoms with Crippen LogP contribution in [0.2, 0.25) is 0 Å². The van der Waals surface area contributed by atoms with Gasteiger partial charge in [-0.25, -0.2) is 9.97 Å². The first kappa shape index (κ1) is 13.2. The summed E-state index contributed by atoms with van der Waals surface area (Å²) in [5.74, 6) is -0.203. The minimum Gasteiger partial charge on any atom is -0.320 e. The highest BCUT2D eigenvalue weighted by atomic mass is 16.1. The van der Waals surface area contributed by atoms with Gasteiger partial charge in [0.05, 0.1) is 0 Å². The third kappa shape index (κ3) is 3.16. The zero-order valence-electron chi connectivity index (χ0n) is 11.4. The Morgan fingerprint density at radius 2 is 2.00 bits per heavy atom. The maximum Gasteiger partial charge on any atom is 0.274 e. The maximum absolute atomic E-state index is 12.1. The molecule has 1 aromatic heterocycles. The lowest BCUT2D eigenvalue weighted by atomic mass is 10.1. The Labute approximate surface area is 112 Å². The van der Waals surface area contributed by atoms with Crippen LogP contribution in [0.15, 0.2) is 30.6 Å². The summed E-state index contributed by atoms with van der Waals surface area (Å²) >= 11 is 0. The molecule has 0 aliphatic heterocycles. The van der Waals surface area contributed by atoms with Gasteiger partial charge in [-0.05, 0) is 43.5 Å². The van der Waals surface area contributed by atoms with E-state index in [9.17, 15) is 4.79 Å². The Morgan fingerprint density at radius 3 is 2.74 bits per heavy atom. The van der Waals surface area contributed by atoms with Gasteiger partial charge in [-0.2, -0.15) is 0 Å². The van der Waals surface area contributed by atoms with E-state index in [1.165, 1.54) is 6.33 Å². The van der Waals surface area contributed by atoms with Gasteiger partial charge in [0.15, 0.2) is 0 Å². The molecule has 19 heavy (non-hydrogen) atoms. The smallest absolute Gasteiger partial charge is 0.274 e. The highest BCUT2D eigenvalue weighted by Gasteiger charge is 2.10. The van der Waals surface area contributed by atoms with Gasteiger partial charge in [0.1, 0.15) is 12.0 Å². The topological polar surface area (TPSA) is 54.9 Å². The Bertz CT molecular complexity index is 608. The second-order valence-corrected chi connectivity index (χ2v) is 4.52. The number of amides is 1. The number of hydrogen-bond donors (Lipinski definition) is 1. The van der Waals surface area contributed by atoms with Crippen LogP contribution in [0.5, 0.6) is 0 Å².